The molecule has 29 heavy (non-hydrogen) atoms. The molecule has 5 nitrogen and oxygen atoms in total. The van der Waals surface area contributed by atoms with Crippen molar-refractivity contribution in [3.63, 3.8) is 0 Å². The Morgan fingerprint density at radius 1 is 1.28 bits per heavy atom. The molecule has 0 saturated heterocycles. The maximum Gasteiger partial charge on any atom is 0.401 e. The number of nitrogens with one attached hydrogen (secondary N) is 2. The van der Waals surface area contributed by atoms with Crippen LogP contribution in [-0.2, 0) is 0 Å². The van der Waals surface area contributed by atoms with Gasteiger partial charge in [-0.15, -0.1) is 0 Å². The Hall–Kier alpha value is -1.96. The predicted octanol–water partition coefficient (Wildman–Crippen LogP) is 3.87. The van der Waals surface area contributed by atoms with Crippen molar-refractivity contribution in [3.8, 4) is 5.75 Å². The molecule has 3 rings (SSSR count). The summed E-state index contributed by atoms with van der Waals surface area (Å²) in [5.41, 5.74) is 1.02. The van der Waals surface area contributed by atoms with Crippen molar-refractivity contribution >= 4 is 5.96 Å². The summed E-state index contributed by atoms with van der Waals surface area (Å²) < 4.78 is 43.6. The molecule has 1 heterocycles. The third-order valence-corrected chi connectivity index (χ3v) is 5.70. The molecule has 1 aromatic rings. The number of hydrogen-bond donors (Lipinski definition) is 2. The van der Waals surface area contributed by atoms with Crippen LogP contribution in [0.2, 0.25) is 0 Å². The van der Waals surface area contributed by atoms with Crippen molar-refractivity contribution in [2.75, 3.05) is 33.7 Å². The van der Waals surface area contributed by atoms with Gasteiger partial charge >= 0.3 is 6.18 Å². The smallest absolute Gasteiger partial charge is 0.401 e. The van der Waals surface area contributed by atoms with Crippen LogP contribution in [0.1, 0.15) is 50.1 Å². The second kappa shape index (κ2) is 9.24. The molecular formula is C21H31F3N4O. The maximum atomic E-state index is 12.4. The second-order valence-electron chi connectivity index (χ2n) is 8.14. The fourth-order valence-corrected chi connectivity index (χ4v) is 4.37. The molecule has 1 aliphatic heterocycles. The largest absolute Gasteiger partial charge is 0.487 e. The molecule has 1 aromatic carbocycles. The first-order chi connectivity index (χ1) is 13.8. The molecule has 2 aliphatic rings. The molecule has 1 fully saturated rings. The summed E-state index contributed by atoms with van der Waals surface area (Å²) in [7, 11) is 3.20. The summed E-state index contributed by atoms with van der Waals surface area (Å²) in [5, 5.41) is 6.74. The van der Waals surface area contributed by atoms with E-state index >= 15 is 0 Å². The molecule has 0 radical (unpaired) electrons. The number of alkyl halides is 3. The number of benzene rings is 1. The third kappa shape index (κ3) is 6.01. The normalized spacial score (nSPS) is 21.2. The van der Waals surface area contributed by atoms with Crippen molar-refractivity contribution in [1.82, 2.24) is 15.5 Å². The number of rotatable bonds is 6. The van der Waals surface area contributed by atoms with Gasteiger partial charge in [-0.3, -0.25) is 9.89 Å². The summed E-state index contributed by atoms with van der Waals surface area (Å²) in [4.78, 5) is 5.59. The van der Waals surface area contributed by atoms with Gasteiger partial charge in [0.15, 0.2) is 5.96 Å². The Labute approximate surface area is 170 Å². The Balaban J connectivity index is 1.55. The molecule has 1 unspecified atom stereocenters. The lowest BCUT2D eigenvalue weighted by Crippen LogP contribution is -2.47. The van der Waals surface area contributed by atoms with Crippen LogP contribution in [-0.4, -0.2) is 56.4 Å². The van der Waals surface area contributed by atoms with E-state index in [0.717, 1.165) is 30.6 Å². The van der Waals surface area contributed by atoms with Crippen LogP contribution < -0.4 is 15.4 Å². The molecule has 1 saturated carbocycles. The first-order valence-electron chi connectivity index (χ1n) is 10.3. The number of fused-ring (bicyclic) bond motifs is 1. The van der Waals surface area contributed by atoms with E-state index in [0.29, 0.717) is 25.5 Å². The van der Waals surface area contributed by atoms with E-state index in [1.54, 1.807) is 7.05 Å². The molecule has 1 spiro atoms. The van der Waals surface area contributed by atoms with Crippen molar-refractivity contribution < 1.29 is 17.9 Å². The number of nitrogens with zero attached hydrogens (tertiary/aromatic N) is 2. The van der Waals surface area contributed by atoms with Crippen LogP contribution in [0.3, 0.4) is 0 Å². The summed E-state index contributed by atoms with van der Waals surface area (Å²) in [6.07, 6.45) is 1.84. The van der Waals surface area contributed by atoms with Crippen molar-refractivity contribution in [1.29, 1.82) is 0 Å². The topological polar surface area (TPSA) is 48.9 Å². The van der Waals surface area contributed by atoms with Crippen LogP contribution in [0.4, 0.5) is 13.2 Å². The van der Waals surface area contributed by atoms with Gasteiger partial charge in [-0.1, -0.05) is 18.2 Å². The number of halogens is 3. The van der Waals surface area contributed by atoms with E-state index in [4.69, 9.17) is 4.74 Å². The first kappa shape index (κ1) is 21.7. The fourth-order valence-electron chi connectivity index (χ4n) is 4.37. The third-order valence-electron chi connectivity index (χ3n) is 5.70. The van der Waals surface area contributed by atoms with Gasteiger partial charge in [0.1, 0.15) is 11.4 Å². The Morgan fingerprint density at radius 3 is 2.69 bits per heavy atom. The van der Waals surface area contributed by atoms with Gasteiger partial charge in [0, 0.05) is 25.6 Å². The Morgan fingerprint density at radius 2 is 2.00 bits per heavy atom. The SMILES string of the molecule is CN=C(NCCCN(C)CC(F)(F)F)NC1CC2(CCCC2)Oc2ccccc21. The average Bonchev–Trinajstić information content (AvgIpc) is 3.10. The van der Waals surface area contributed by atoms with Crippen molar-refractivity contribution in [3.05, 3.63) is 29.8 Å². The zero-order valence-electron chi connectivity index (χ0n) is 17.2. The fraction of sp³-hybridized carbons (Fsp3) is 0.667. The van der Waals surface area contributed by atoms with Gasteiger partial charge in [0.05, 0.1) is 12.6 Å². The monoisotopic (exact) mass is 412 g/mol. The summed E-state index contributed by atoms with van der Waals surface area (Å²) in [6, 6.07) is 8.20. The molecule has 1 aliphatic carbocycles. The van der Waals surface area contributed by atoms with Crippen LogP contribution in [0.5, 0.6) is 5.75 Å². The minimum atomic E-state index is -4.16. The van der Waals surface area contributed by atoms with Gasteiger partial charge in [0.25, 0.3) is 0 Å². The Kier molecular flexibility index (Phi) is 6.93. The van der Waals surface area contributed by atoms with Crippen LogP contribution in [0, 0.1) is 0 Å². The van der Waals surface area contributed by atoms with Gasteiger partial charge in [-0.2, -0.15) is 13.2 Å². The number of aliphatic imine (C=N–C) groups is 1. The average molecular weight is 413 g/mol. The highest BCUT2D eigenvalue weighted by Gasteiger charge is 2.43. The van der Waals surface area contributed by atoms with Crippen LogP contribution in [0.25, 0.3) is 0 Å². The number of guanidine groups is 1. The van der Waals surface area contributed by atoms with Crippen LogP contribution in [0.15, 0.2) is 29.3 Å². The van der Waals surface area contributed by atoms with E-state index in [-0.39, 0.29) is 11.6 Å². The van der Waals surface area contributed by atoms with Gasteiger partial charge < -0.3 is 15.4 Å². The standard InChI is InChI=1S/C21H31F3N4O/c1-25-19(26-12-7-13-28(2)15-21(22,23)24)27-17-14-20(10-5-6-11-20)29-18-9-4-3-8-16(17)18/h3-4,8-9,17H,5-7,10-15H2,1-2H3,(H2,25,26,27). The molecule has 1 atom stereocenters. The number of para-hydroxylation sites is 1. The number of hydrogen-bond acceptors (Lipinski definition) is 3. The van der Waals surface area contributed by atoms with Gasteiger partial charge in [-0.25, -0.2) is 0 Å². The van der Waals surface area contributed by atoms with Gasteiger partial charge in [0.2, 0.25) is 0 Å². The molecule has 0 aromatic heterocycles. The lowest BCUT2D eigenvalue weighted by molar-refractivity contribution is -0.143. The zero-order chi connectivity index (χ0) is 20.9. The summed E-state index contributed by atoms with van der Waals surface area (Å²) in [6.45, 7) is 0.0332. The van der Waals surface area contributed by atoms with Gasteiger partial charge in [-0.05, 0) is 51.8 Å². The molecular weight excluding hydrogens is 381 g/mol. The highest BCUT2D eigenvalue weighted by Crippen LogP contribution is 2.46. The lowest BCUT2D eigenvalue weighted by atomic mass is 9.86. The molecule has 8 heteroatoms. The number of ether oxygens (including phenoxy) is 1. The summed E-state index contributed by atoms with van der Waals surface area (Å²) >= 11 is 0. The van der Waals surface area contributed by atoms with E-state index < -0.39 is 12.7 Å². The Bertz CT molecular complexity index is 701. The van der Waals surface area contributed by atoms with E-state index in [2.05, 4.69) is 21.7 Å². The van der Waals surface area contributed by atoms with Crippen LogP contribution >= 0.6 is 0 Å². The predicted molar refractivity (Wildman–Crippen MR) is 108 cm³/mol. The highest BCUT2D eigenvalue weighted by atomic mass is 19.4. The highest BCUT2D eigenvalue weighted by molar-refractivity contribution is 5.80. The maximum absolute atomic E-state index is 12.4. The van der Waals surface area contributed by atoms with E-state index in [1.807, 2.05) is 18.2 Å². The zero-order valence-corrected chi connectivity index (χ0v) is 17.2. The minimum Gasteiger partial charge on any atom is -0.487 e. The lowest BCUT2D eigenvalue weighted by Gasteiger charge is -2.40. The van der Waals surface area contributed by atoms with Crippen molar-refractivity contribution in [2.45, 2.75) is 56.3 Å². The molecule has 0 amide bonds. The molecule has 2 N–H and O–H groups in total. The second-order valence-corrected chi connectivity index (χ2v) is 8.14. The summed E-state index contributed by atoms with van der Waals surface area (Å²) in [5.74, 6) is 1.60. The van der Waals surface area contributed by atoms with E-state index in [9.17, 15) is 13.2 Å². The quantitative estimate of drug-likeness (QED) is 0.423. The minimum absolute atomic E-state index is 0.0946. The van der Waals surface area contributed by atoms with E-state index in [1.165, 1.54) is 24.8 Å². The van der Waals surface area contributed by atoms with Crippen molar-refractivity contribution in [2.24, 2.45) is 4.99 Å². The molecule has 162 valence electrons. The molecule has 0 bridgehead atoms. The first-order valence-corrected chi connectivity index (χ1v) is 10.3.